The van der Waals surface area contributed by atoms with E-state index < -0.39 is 0 Å². The molecule has 0 saturated carbocycles. The van der Waals surface area contributed by atoms with Crippen LogP contribution in [0, 0.1) is 19.7 Å². The second kappa shape index (κ2) is 5.05. The molecule has 0 bridgehead atoms. The van der Waals surface area contributed by atoms with Gasteiger partial charge in [0.25, 0.3) is 0 Å². The average Bonchev–Trinajstić information content (AvgIpc) is 2.84. The molecule has 0 aliphatic heterocycles. The molecular formula is C17H15FN2O. The van der Waals surface area contributed by atoms with Crippen LogP contribution < -0.4 is 5.73 Å². The van der Waals surface area contributed by atoms with Crippen molar-refractivity contribution in [3.63, 3.8) is 0 Å². The first-order chi connectivity index (χ1) is 10.1. The van der Waals surface area contributed by atoms with Gasteiger partial charge in [0.2, 0.25) is 5.88 Å². The number of rotatable bonds is 2. The molecule has 0 spiro atoms. The lowest BCUT2D eigenvalue weighted by Gasteiger charge is -2.07. The van der Waals surface area contributed by atoms with Gasteiger partial charge < -0.3 is 10.3 Å². The predicted molar refractivity (Wildman–Crippen MR) is 81.2 cm³/mol. The van der Waals surface area contributed by atoms with Crippen molar-refractivity contribution in [1.82, 2.24) is 5.16 Å². The summed E-state index contributed by atoms with van der Waals surface area (Å²) in [5, 5.41) is 4.04. The molecule has 0 unspecified atom stereocenters. The van der Waals surface area contributed by atoms with Crippen molar-refractivity contribution in [2.45, 2.75) is 13.8 Å². The van der Waals surface area contributed by atoms with Crippen LogP contribution in [0.25, 0.3) is 22.4 Å². The van der Waals surface area contributed by atoms with E-state index in [1.54, 1.807) is 18.2 Å². The molecule has 3 rings (SSSR count). The number of hydrogen-bond acceptors (Lipinski definition) is 3. The quantitative estimate of drug-likeness (QED) is 0.760. The maximum atomic E-state index is 14.1. The Morgan fingerprint density at radius 1 is 1.05 bits per heavy atom. The van der Waals surface area contributed by atoms with Crippen LogP contribution in [0.15, 0.2) is 47.0 Å². The predicted octanol–water partition coefficient (Wildman–Crippen LogP) is 4.35. The fraction of sp³-hybridized carbons (Fsp3) is 0.118. The van der Waals surface area contributed by atoms with E-state index >= 15 is 0 Å². The molecule has 0 aliphatic carbocycles. The minimum Gasteiger partial charge on any atom is -0.367 e. The van der Waals surface area contributed by atoms with Gasteiger partial charge in [-0.2, -0.15) is 0 Å². The number of aromatic nitrogens is 1. The van der Waals surface area contributed by atoms with Gasteiger partial charge in [0, 0.05) is 11.1 Å². The summed E-state index contributed by atoms with van der Waals surface area (Å²) in [5.41, 5.74) is 10.4. The molecule has 0 atom stereocenters. The molecule has 0 fully saturated rings. The summed E-state index contributed by atoms with van der Waals surface area (Å²) in [6.45, 7) is 3.97. The minimum atomic E-state index is -0.348. The van der Waals surface area contributed by atoms with Gasteiger partial charge in [-0.05, 0) is 31.5 Å². The van der Waals surface area contributed by atoms with Gasteiger partial charge in [0.05, 0.1) is 5.56 Å². The van der Waals surface area contributed by atoms with Crippen molar-refractivity contribution in [2.24, 2.45) is 0 Å². The summed E-state index contributed by atoms with van der Waals surface area (Å²) in [4.78, 5) is 0. The van der Waals surface area contributed by atoms with Crippen molar-refractivity contribution in [2.75, 3.05) is 5.73 Å². The van der Waals surface area contributed by atoms with Crippen molar-refractivity contribution in [3.05, 3.63) is 59.4 Å². The number of nitrogens with zero attached hydrogens (tertiary/aromatic N) is 1. The van der Waals surface area contributed by atoms with Gasteiger partial charge in [0.1, 0.15) is 11.5 Å². The van der Waals surface area contributed by atoms with Crippen LogP contribution >= 0.6 is 0 Å². The first-order valence-corrected chi connectivity index (χ1v) is 6.65. The van der Waals surface area contributed by atoms with Crippen LogP contribution in [0.4, 0.5) is 10.3 Å². The Balaban J connectivity index is 2.27. The van der Waals surface area contributed by atoms with E-state index in [-0.39, 0.29) is 11.7 Å². The van der Waals surface area contributed by atoms with Gasteiger partial charge in [-0.1, -0.05) is 41.1 Å². The molecule has 0 aliphatic rings. The number of aryl methyl sites for hydroxylation is 2. The van der Waals surface area contributed by atoms with Gasteiger partial charge in [-0.15, -0.1) is 0 Å². The summed E-state index contributed by atoms with van der Waals surface area (Å²) < 4.78 is 19.2. The van der Waals surface area contributed by atoms with Crippen molar-refractivity contribution in [1.29, 1.82) is 0 Å². The number of anilines is 1. The standard InChI is InChI=1S/C17H15FN2O/c1-10-7-8-11(2)13(9-10)16-15(17(19)21-20-16)12-5-3-4-6-14(12)18/h3-9H,19H2,1-2H3. The molecule has 0 saturated heterocycles. The number of nitrogen functional groups attached to an aromatic ring is 1. The van der Waals surface area contributed by atoms with Crippen molar-refractivity contribution >= 4 is 5.88 Å². The Labute approximate surface area is 122 Å². The minimum absolute atomic E-state index is 0.121. The molecule has 3 nitrogen and oxygen atoms in total. The maximum absolute atomic E-state index is 14.1. The first-order valence-electron chi connectivity index (χ1n) is 6.65. The second-order valence-electron chi connectivity index (χ2n) is 5.07. The Kier molecular flexibility index (Phi) is 3.22. The molecule has 4 heteroatoms. The zero-order chi connectivity index (χ0) is 15.0. The molecular weight excluding hydrogens is 267 g/mol. The van der Waals surface area contributed by atoms with E-state index in [4.69, 9.17) is 10.3 Å². The third-order valence-corrected chi connectivity index (χ3v) is 3.51. The molecule has 0 radical (unpaired) electrons. The largest absolute Gasteiger partial charge is 0.367 e. The van der Waals surface area contributed by atoms with Gasteiger partial charge >= 0.3 is 0 Å². The summed E-state index contributed by atoms with van der Waals surface area (Å²) in [6.07, 6.45) is 0. The highest BCUT2D eigenvalue weighted by Crippen LogP contribution is 2.38. The second-order valence-corrected chi connectivity index (χ2v) is 5.07. The van der Waals surface area contributed by atoms with E-state index in [1.807, 2.05) is 32.0 Å². The highest BCUT2D eigenvalue weighted by atomic mass is 19.1. The molecule has 21 heavy (non-hydrogen) atoms. The normalized spacial score (nSPS) is 10.8. The molecule has 2 aromatic carbocycles. The van der Waals surface area contributed by atoms with Crippen molar-refractivity contribution in [3.8, 4) is 22.4 Å². The summed E-state index contributed by atoms with van der Waals surface area (Å²) >= 11 is 0. The van der Waals surface area contributed by atoms with E-state index in [2.05, 4.69) is 5.16 Å². The first kappa shape index (κ1) is 13.4. The molecule has 1 aromatic heterocycles. The zero-order valence-electron chi connectivity index (χ0n) is 11.9. The molecule has 1 heterocycles. The van der Waals surface area contributed by atoms with Crippen LogP contribution in [0.5, 0.6) is 0 Å². The smallest absolute Gasteiger partial charge is 0.230 e. The topological polar surface area (TPSA) is 52.0 Å². The average molecular weight is 282 g/mol. The van der Waals surface area contributed by atoms with Crippen LogP contribution in [0.2, 0.25) is 0 Å². The van der Waals surface area contributed by atoms with Gasteiger partial charge in [-0.3, -0.25) is 0 Å². The van der Waals surface area contributed by atoms with E-state index in [0.717, 1.165) is 16.7 Å². The zero-order valence-corrected chi connectivity index (χ0v) is 11.9. The van der Waals surface area contributed by atoms with Crippen LogP contribution in [-0.4, -0.2) is 5.16 Å². The third-order valence-electron chi connectivity index (χ3n) is 3.51. The molecule has 0 amide bonds. The fourth-order valence-corrected chi connectivity index (χ4v) is 2.40. The Bertz CT molecular complexity index is 808. The van der Waals surface area contributed by atoms with Crippen LogP contribution in [0.1, 0.15) is 11.1 Å². The lowest BCUT2D eigenvalue weighted by Crippen LogP contribution is -1.92. The highest BCUT2D eigenvalue weighted by molar-refractivity contribution is 5.88. The van der Waals surface area contributed by atoms with Crippen LogP contribution in [0.3, 0.4) is 0 Å². The maximum Gasteiger partial charge on any atom is 0.230 e. The monoisotopic (exact) mass is 282 g/mol. The Morgan fingerprint density at radius 2 is 1.81 bits per heavy atom. The lowest BCUT2D eigenvalue weighted by molar-refractivity contribution is 0.439. The molecule has 2 N–H and O–H groups in total. The Morgan fingerprint density at radius 3 is 2.57 bits per heavy atom. The molecule has 106 valence electrons. The summed E-state index contributed by atoms with van der Waals surface area (Å²) in [7, 11) is 0. The number of hydrogen-bond donors (Lipinski definition) is 1. The van der Waals surface area contributed by atoms with Crippen molar-refractivity contribution < 1.29 is 8.91 Å². The number of halogens is 1. The summed E-state index contributed by atoms with van der Waals surface area (Å²) in [5.74, 6) is -0.227. The summed E-state index contributed by atoms with van der Waals surface area (Å²) in [6, 6.07) is 12.5. The SMILES string of the molecule is Cc1ccc(C)c(-c2noc(N)c2-c2ccccc2F)c1. The number of benzene rings is 2. The van der Waals surface area contributed by atoms with Crippen LogP contribution in [-0.2, 0) is 0 Å². The fourth-order valence-electron chi connectivity index (χ4n) is 2.40. The van der Waals surface area contributed by atoms with Gasteiger partial charge in [-0.25, -0.2) is 4.39 Å². The van der Waals surface area contributed by atoms with E-state index in [1.165, 1.54) is 6.07 Å². The number of nitrogens with two attached hydrogens (primary N) is 1. The lowest BCUT2D eigenvalue weighted by atomic mass is 9.96. The Hall–Kier alpha value is -2.62. The highest BCUT2D eigenvalue weighted by Gasteiger charge is 2.21. The van der Waals surface area contributed by atoms with E-state index in [9.17, 15) is 4.39 Å². The molecule has 3 aromatic rings. The van der Waals surface area contributed by atoms with Gasteiger partial charge in [0.15, 0.2) is 0 Å². The third kappa shape index (κ3) is 2.29. The van der Waals surface area contributed by atoms with E-state index in [0.29, 0.717) is 16.8 Å².